The Morgan fingerprint density at radius 2 is 1.67 bits per heavy atom. The third kappa shape index (κ3) is 4.80. The van der Waals surface area contributed by atoms with E-state index in [4.69, 9.17) is 4.74 Å². The van der Waals surface area contributed by atoms with Gasteiger partial charge in [-0.1, -0.05) is 0 Å². The molecule has 0 atom stereocenters. The summed E-state index contributed by atoms with van der Waals surface area (Å²) in [4.78, 5) is 14.3. The zero-order chi connectivity index (χ0) is 23.6. The van der Waals surface area contributed by atoms with Crippen LogP contribution in [-0.4, -0.2) is 33.1 Å². The highest BCUT2D eigenvalue weighted by Gasteiger charge is 2.16. The van der Waals surface area contributed by atoms with Crippen LogP contribution in [0.4, 0.5) is 11.4 Å². The molecule has 1 N–H and O–H groups in total. The summed E-state index contributed by atoms with van der Waals surface area (Å²) in [7, 11) is -3.90. The van der Waals surface area contributed by atoms with Crippen LogP contribution in [0, 0.1) is 24.0 Å². The summed E-state index contributed by atoms with van der Waals surface area (Å²) < 4.78 is 34.9. The summed E-state index contributed by atoms with van der Waals surface area (Å²) in [5, 5.41) is 18.9. The SMILES string of the molecule is Cc1ncn(-c2ccc(Oc3ccc(NS(=O)(=O)c4ccc([N+](=O)[O-])cc4)cc3)nn2)c1C. The Hall–Kier alpha value is -4.32. The zero-order valence-electron chi connectivity index (χ0n) is 17.5. The fraction of sp³-hybridized carbons (Fsp3) is 0.0952. The third-order valence-corrected chi connectivity index (χ3v) is 6.21. The molecule has 0 saturated heterocycles. The maximum atomic E-state index is 12.5. The van der Waals surface area contributed by atoms with Gasteiger partial charge in [0.15, 0.2) is 5.82 Å². The summed E-state index contributed by atoms with van der Waals surface area (Å²) >= 11 is 0. The minimum atomic E-state index is -3.90. The largest absolute Gasteiger partial charge is 0.438 e. The van der Waals surface area contributed by atoms with Crippen molar-refractivity contribution in [3.05, 3.63) is 88.5 Å². The van der Waals surface area contributed by atoms with Crippen molar-refractivity contribution in [2.75, 3.05) is 4.72 Å². The van der Waals surface area contributed by atoms with Gasteiger partial charge in [0.05, 0.1) is 15.5 Å². The predicted molar refractivity (Wildman–Crippen MR) is 119 cm³/mol. The van der Waals surface area contributed by atoms with Gasteiger partial charge < -0.3 is 4.74 Å². The Morgan fingerprint density at radius 1 is 0.970 bits per heavy atom. The molecule has 0 fully saturated rings. The van der Waals surface area contributed by atoms with E-state index in [0.29, 0.717) is 17.3 Å². The number of aromatic nitrogens is 4. The van der Waals surface area contributed by atoms with Gasteiger partial charge in [-0.05, 0) is 56.3 Å². The molecule has 4 aromatic rings. The molecule has 0 radical (unpaired) electrons. The Bertz CT molecular complexity index is 1400. The third-order valence-electron chi connectivity index (χ3n) is 4.81. The van der Waals surface area contributed by atoms with E-state index in [1.54, 1.807) is 30.6 Å². The molecule has 0 saturated carbocycles. The van der Waals surface area contributed by atoms with Crippen LogP contribution < -0.4 is 9.46 Å². The fourth-order valence-electron chi connectivity index (χ4n) is 2.90. The molecule has 168 valence electrons. The Morgan fingerprint density at radius 3 is 2.21 bits per heavy atom. The first-order valence-corrected chi connectivity index (χ1v) is 11.1. The number of non-ortho nitro benzene ring substituents is 1. The van der Waals surface area contributed by atoms with Crippen molar-refractivity contribution < 1.29 is 18.1 Å². The van der Waals surface area contributed by atoms with Crippen LogP contribution in [0.25, 0.3) is 5.82 Å². The first kappa shape index (κ1) is 21.9. The van der Waals surface area contributed by atoms with Crippen molar-refractivity contribution in [1.82, 2.24) is 19.7 Å². The Balaban J connectivity index is 1.43. The summed E-state index contributed by atoms with van der Waals surface area (Å²) in [5.41, 5.74) is 1.97. The second-order valence-corrected chi connectivity index (χ2v) is 8.68. The molecule has 0 aliphatic heterocycles. The maximum absolute atomic E-state index is 12.5. The average molecular weight is 466 g/mol. The van der Waals surface area contributed by atoms with Crippen LogP contribution in [0.3, 0.4) is 0 Å². The van der Waals surface area contributed by atoms with Gasteiger partial charge in [0.25, 0.3) is 15.7 Å². The van der Waals surface area contributed by atoms with E-state index in [9.17, 15) is 18.5 Å². The van der Waals surface area contributed by atoms with Gasteiger partial charge in [0.2, 0.25) is 5.88 Å². The number of hydrogen-bond donors (Lipinski definition) is 1. The van der Waals surface area contributed by atoms with Crippen LogP contribution in [0.1, 0.15) is 11.4 Å². The normalized spacial score (nSPS) is 11.2. The van der Waals surface area contributed by atoms with Crippen LogP contribution in [0.5, 0.6) is 11.6 Å². The standard InChI is InChI=1S/C21H18N6O5S/c1-14-15(2)26(13-22-14)20-11-12-21(24-23-20)32-18-7-3-16(4-8-18)25-33(30,31)19-9-5-17(6-10-19)27(28)29/h3-13,25H,1-2H3. The first-order chi connectivity index (χ1) is 15.7. The molecule has 2 aromatic carbocycles. The molecular formula is C21H18N6O5S. The first-order valence-electron chi connectivity index (χ1n) is 9.63. The minimum absolute atomic E-state index is 0.0906. The molecule has 2 aromatic heterocycles. The predicted octanol–water partition coefficient (Wildman–Crippen LogP) is 3.78. The van der Waals surface area contributed by atoms with Crippen LogP contribution in [0.2, 0.25) is 0 Å². The number of sulfonamides is 1. The van der Waals surface area contributed by atoms with Crippen LogP contribution >= 0.6 is 0 Å². The molecule has 0 aliphatic rings. The highest BCUT2D eigenvalue weighted by molar-refractivity contribution is 7.92. The molecule has 0 unspecified atom stereocenters. The lowest BCUT2D eigenvalue weighted by molar-refractivity contribution is -0.384. The van der Waals surface area contributed by atoms with Gasteiger partial charge >= 0.3 is 0 Å². The molecule has 0 aliphatic carbocycles. The van der Waals surface area contributed by atoms with E-state index in [1.807, 2.05) is 18.4 Å². The number of imidazole rings is 1. The molecule has 33 heavy (non-hydrogen) atoms. The van der Waals surface area contributed by atoms with E-state index >= 15 is 0 Å². The number of anilines is 1. The summed E-state index contributed by atoms with van der Waals surface area (Å²) in [6.07, 6.45) is 1.67. The molecule has 2 heterocycles. The molecule has 4 rings (SSSR count). The summed E-state index contributed by atoms with van der Waals surface area (Å²) in [6, 6.07) is 14.2. The average Bonchev–Trinajstić information content (AvgIpc) is 3.14. The van der Waals surface area contributed by atoms with E-state index in [-0.39, 0.29) is 16.5 Å². The van der Waals surface area contributed by atoms with Crippen LogP contribution in [-0.2, 0) is 10.0 Å². The van der Waals surface area contributed by atoms with Crippen molar-refractivity contribution in [1.29, 1.82) is 0 Å². The van der Waals surface area contributed by atoms with Crippen molar-refractivity contribution in [2.24, 2.45) is 0 Å². The van der Waals surface area contributed by atoms with Gasteiger partial charge in [-0.25, -0.2) is 13.4 Å². The topological polar surface area (TPSA) is 142 Å². The number of ether oxygens (including phenoxy) is 1. The quantitative estimate of drug-likeness (QED) is 0.320. The second-order valence-electron chi connectivity index (χ2n) is 7.00. The number of hydrogen-bond acceptors (Lipinski definition) is 8. The van der Waals surface area contributed by atoms with E-state index in [0.717, 1.165) is 23.5 Å². The minimum Gasteiger partial charge on any atom is -0.438 e. The van der Waals surface area contributed by atoms with Crippen LogP contribution in [0.15, 0.2) is 71.9 Å². The monoisotopic (exact) mass is 466 g/mol. The molecule has 0 spiro atoms. The highest BCUT2D eigenvalue weighted by atomic mass is 32.2. The maximum Gasteiger partial charge on any atom is 0.269 e. The van der Waals surface area contributed by atoms with Crippen molar-refractivity contribution in [2.45, 2.75) is 18.7 Å². The summed E-state index contributed by atoms with van der Waals surface area (Å²) in [5.74, 6) is 1.31. The molecule has 0 amide bonds. The smallest absolute Gasteiger partial charge is 0.269 e. The van der Waals surface area contributed by atoms with Gasteiger partial charge in [0, 0.05) is 29.6 Å². The van der Waals surface area contributed by atoms with Gasteiger partial charge in [-0.3, -0.25) is 19.4 Å². The number of nitro benzene ring substituents is 1. The van der Waals surface area contributed by atoms with Gasteiger partial charge in [-0.15, -0.1) is 10.2 Å². The lowest BCUT2D eigenvalue weighted by Crippen LogP contribution is -2.12. The van der Waals surface area contributed by atoms with E-state index in [2.05, 4.69) is 19.9 Å². The number of nitrogens with one attached hydrogen (secondary N) is 1. The van der Waals surface area contributed by atoms with Gasteiger partial charge in [-0.2, -0.15) is 0 Å². The molecule has 12 heteroatoms. The molecular weight excluding hydrogens is 448 g/mol. The molecule has 11 nitrogen and oxygen atoms in total. The number of rotatable bonds is 7. The highest BCUT2D eigenvalue weighted by Crippen LogP contribution is 2.24. The van der Waals surface area contributed by atoms with E-state index < -0.39 is 14.9 Å². The Kier molecular flexibility index (Phi) is 5.75. The van der Waals surface area contributed by atoms with Gasteiger partial charge in [0.1, 0.15) is 12.1 Å². The van der Waals surface area contributed by atoms with Crippen molar-refractivity contribution in [3.63, 3.8) is 0 Å². The zero-order valence-corrected chi connectivity index (χ0v) is 18.4. The van der Waals surface area contributed by atoms with Crippen molar-refractivity contribution in [3.8, 4) is 17.4 Å². The lowest BCUT2D eigenvalue weighted by Gasteiger charge is -2.09. The fourth-order valence-corrected chi connectivity index (χ4v) is 3.96. The number of benzene rings is 2. The second kappa shape index (κ2) is 8.67. The Labute approximate surface area is 188 Å². The number of nitro groups is 1. The number of nitrogens with zero attached hydrogens (tertiary/aromatic N) is 5. The van der Waals surface area contributed by atoms with E-state index in [1.165, 1.54) is 24.3 Å². The lowest BCUT2D eigenvalue weighted by atomic mass is 10.3. The summed E-state index contributed by atoms with van der Waals surface area (Å²) in [6.45, 7) is 3.85. The number of aryl methyl sites for hydroxylation is 1. The van der Waals surface area contributed by atoms with Crippen molar-refractivity contribution >= 4 is 21.4 Å². The molecule has 0 bridgehead atoms.